The van der Waals surface area contributed by atoms with Crippen LogP contribution in [-0.4, -0.2) is 17.6 Å². The Morgan fingerprint density at radius 2 is 2.36 bits per heavy atom. The number of carbonyl (C=O) groups excluding carboxylic acids is 2. The van der Waals surface area contributed by atoms with Crippen molar-refractivity contribution in [2.24, 2.45) is 0 Å². The molecule has 0 spiro atoms. The van der Waals surface area contributed by atoms with E-state index in [1.165, 1.54) is 18.3 Å². The SMILES string of the molecule is CC(=O)NC(C(=O)CCl)c1cccs1. The number of thiophene rings is 1. The summed E-state index contributed by atoms with van der Waals surface area (Å²) in [6.45, 7) is 1.38. The molecule has 5 heteroatoms. The van der Waals surface area contributed by atoms with E-state index in [9.17, 15) is 9.59 Å². The summed E-state index contributed by atoms with van der Waals surface area (Å²) in [5.74, 6) is -0.519. The van der Waals surface area contributed by atoms with Crippen molar-refractivity contribution in [2.45, 2.75) is 13.0 Å². The van der Waals surface area contributed by atoms with Gasteiger partial charge in [-0.05, 0) is 11.4 Å². The van der Waals surface area contributed by atoms with Gasteiger partial charge in [0.2, 0.25) is 5.91 Å². The van der Waals surface area contributed by atoms with Crippen LogP contribution in [0, 0.1) is 0 Å². The molecule has 1 N–H and O–H groups in total. The second kappa shape index (κ2) is 5.12. The summed E-state index contributed by atoms with van der Waals surface area (Å²) in [5, 5.41) is 4.42. The molecular formula is C9H10ClNO2S. The quantitative estimate of drug-likeness (QED) is 0.803. The lowest BCUT2D eigenvalue weighted by molar-refractivity contribution is -0.125. The normalized spacial score (nSPS) is 12.1. The Labute approximate surface area is 91.1 Å². The molecule has 1 heterocycles. The Hall–Kier alpha value is -0.870. The smallest absolute Gasteiger partial charge is 0.217 e. The van der Waals surface area contributed by atoms with E-state index in [2.05, 4.69) is 5.32 Å². The number of amides is 1. The number of rotatable bonds is 4. The van der Waals surface area contributed by atoms with Crippen LogP contribution in [0.25, 0.3) is 0 Å². The number of hydrogen-bond acceptors (Lipinski definition) is 3. The van der Waals surface area contributed by atoms with Gasteiger partial charge in [0.25, 0.3) is 0 Å². The zero-order valence-electron chi connectivity index (χ0n) is 7.62. The van der Waals surface area contributed by atoms with Crippen LogP contribution in [0.2, 0.25) is 0 Å². The van der Waals surface area contributed by atoms with Gasteiger partial charge in [-0.3, -0.25) is 9.59 Å². The van der Waals surface area contributed by atoms with E-state index in [-0.39, 0.29) is 17.6 Å². The highest BCUT2D eigenvalue weighted by atomic mass is 35.5. The third-order valence-corrected chi connectivity index (χ3v) is 2.83. The molecule has 0 bridgehead atoms. The fraction of sp³-hybridized carbons (Fsp3) is 0.333. The summed E-state index contributed by atoms with van der Waals surface area (Å²) >= 11 is 6.87. The van der Waals surface area contributed by atoms with Crippen LogP contribution in [0.4, 0.5) is 0 Å². The third-order valence-electron chi connectivity index (χ3n) is 1.63. The second-order valence-corrected chi connectivity index (χ2v) is 4.00. The largest absolute Gasteiger partial charge is 0.342 e. The molecule has 1 unspecified atom stereocenters. The first-order valence-electron chi connectivity index (χ1n) is 4.04. The van der Waals surface area contributed by atoms with E-state index in [0.717, 1.165) is 4.88 Å². The van der Waals surface area contributed by atoms with Crippen molar-refractivity contribution in [3.05, 3.63) is 22.4 Å². The minimum Gasteiger partial charge on any atom is -0.342 e. The molecule has 0 radical (unpaired) electrons. The molecular weight excluding hydrogens is 222 g/mol. The topological polar surface area (TPSA) is 46.2 Å². The highest BCUT2D eigenvalue weighted by Gasteiger charge is 2.20. The van der Waals surface area contributed by atoms with Crippen molar-refractivity contribution in [3.8, 4) is 0 Å². The van der Waals surface area contributed by atoms with Crippen LogP contribution < -0.4 is 5.32 Å². The molecule has 1 aromatic rings. The molecule has 1 aromatic heterocycles. The number of alkyl halides is 1. The molecule has 14 heavy (non-hydrogen) atoms. The molecule has 0 aliphatic carbocycles. The van der Waals surface area contributed by atoms with Gasteiger partial charge in [-0.25, -0.2) is 0 Å². The average Bonchev–Trinajstić information content (AvgIpc) is 2.65. The summed E-state index contributed by atoms with van der Waals surface area (Å²) in [6, 6.07) is 3.04. The average molecular weight is 232 g/mol. The lowest BCUT2D eigenvalue weighted by Crippen LogP contribution is -2.32. The van der Waals surface area contributed by atoms with Crippen LogP contribution in [-0.2, 0) is 9.59 Å². The summed E-state index contributed by atoms with van der Waals surface area (Å²) < 4.78 is 0. The molecule has 1 amide bonds. The standard InChI is InChI=1S/C9H10ClNO2S/c1-6(12)11-9(7(13)5-10)8-3-2-4-14-8/h2-4,9H,5H2,1H3,(H,11,12). The van der Waals surface area contributed by atoms with Crippen LogP contribution >= 0.6 is 22.9 Å². The molecule has 0 saturated carbocycles. The second-order valence-electron chi connectivity index (χ2n) is 2.75. The summed E-state index contributed by atoms with van der Waals surface area (Å²) in [6.07, 6.45) is 0. The minimum atomic E-state index is -0.593. The van der Waals surface area contributed by atoms with Crippen LogP contribution in [0.15, 0.2) is 17.5 Å². The number of halogens is 1. The first-order chi connectivity index (χ1) is 6.65. The summed E-state index contributed by atoms with van der Waals surface area (Å²) in [5.41, 5.74) is 0. The van der Waals surface area contributed by atoms with E-state index in [1.54, 1.807) is 6.07 Å². The third kappa shape index (κ3) is 2.82. The van der Waals surface area contributed by atoms with Crippen molar-refractivity contribution < 1.29 is 9.59 Å². The van der Waals surface area contributed by atoms with Gasteiger partial charge in [0, 0.05) is 11.8 Å². The maximum absolute atomic E-state index is 11.4. The highest BCUT2D eigenvalue weighted by Crippen LogP contribution is 2.20. The summed E-state index contributed by atoms with van der Waals surface area (Å²) in [4.78, 5) is 23.1. The van der Waals surface area contributed by atoms with E-state index < -0.39 is 6.04 Å². The molecule has 1 rings (SSSR count). The zero-order chi connectivity index (χ0) is 10.6. The Bertz CT molecular complexity index is 324. The molecule has 0 aliphatic rings. The zero-order valence-corrected chi connectivity index (χ0v) is 9.19. The molecule has 0 saturated heterocycles. The van der Waals surface area contributed by atoms with Gasteiger partial charge in [0.1, 0.15) is 6.04 Å². The van der Waals surface area contributed by atoms with Gasteiger partial charge in [-0.1, -0.05) is 6.07 Å². The lowest BCUT2D eigenvalue weighted by Gasteiger charge is -2.13. The van der Waals surface area contributed by atoms with Gasteiger partial charge >= 0.3 is 0 Å². The van der Waals surface area contributed by atoms with E-state index >= 15 is 0 Å². The van der Waals surface area contributed by atoms with Crippen LogP contribution in [0.1, 0.15) is 17.8 Å². The first-order valence-corrected chi connectivity index (χ1v) is 5.45. The predicted octanol–water partition coefficient (Wildman–Crippen LogP) is 1.73. The monoisotopic (exact) mass is 231 g/mol. The summed E-state index contributed by atoms with van der Waals surface area (Å²) in [7, 11) is 0. The molecule has 76 valence electrons. The maximum Gasteiger partial charge on any atom is 0.217 e. The fourth-order valence-corrected chi connectivity index (χ4v) is 2.00. The molecule has 0 aromatic carbocycles. The van der Waals surface area contributed by atoms with Crippen molar-refractivity contribution in [3.63, 3.8) is 0 Å². The van der Waals surface area contributed by atoms with E-state index in [4.69, 9.17) is 11.6 Å². The number of nitrogens with one attached hydrogen (secondary N) is 1. The molecule has 3 nitrogen and oxygen atoms in total. The van der Waals surface area contributed by atoms with Crippen LogP contribution in [0.3, 0.4) is 0 Å². The Balaban J connectivity index is 2.82. The van der Waals surface area contributed by atoms with E-state index in [0.29, 0.717) is 0 Å². The van der Waals surface area contributed by atoms with Gasteiger partial charge in [-0.2, -0.15) is 0 Å². The van der Waals surface area contributed by atoms with Crippen molar-refractivity contribution in [2.75, 3.05) is 5.88 Å². The number of hydrogen-bond donors (Lipinski definition) is 1. The number of carbonyl (C=O) groups is 2. The number of ketones is 1. The van der Waals surface area contributed by atoms with Gasteiger partial charge in [-0.15, -0.1) is 22.9 Å². The Morgan fingerprint density at radius 3 is 2.79 bits per heavy atom. The van der Waals surface area contributed by atoms with Crippen LogP contribution in [0.5, 0.6) is 0 Å². The highest BCUT2D eigenvalue weighted by molar-refractivity contribution is 7.10. The van der Waals surface area contributed by atoms with Crippen molar-refractivity contribution >= 4 is 34.6 Å². The predicted molar refractivity (Wildman–Crippen MR) is 56.6 cm³/mol. The van der Waals surface area contributed by atoms with E-state index in [1.807, 2.05) is 11.4 Å². The molecule has 0 aliphatic heterocycles. The number of Topliss-reactive ketones (excluding diaryl/α,β-unsaturated/α-hetero) is 1. The maximum atomic E-state index is 11.4. The Kier molecular flexibility index (Phi) is 4.10. The van der Waals surface area contributed by atoms with Gasteiger partial charge in [0.05, 0.1) is 5.88 Å². The minimum absolute atomic E-state index is 0.0944. The van der Waals surface area contributed by atoms with Gasteiger partial charge < -0.3 is 5.32 Å². The molecule has 0 fully saturated rings. The lowest BCUT2D eigenvalue weighted by atomic mass is 10.1. The molecule has 1 atom stereocenters. The van der Waals surface area contributed by atoms with Crippen molar-refractivity contribution in [1.82, 2.24) is 5.32 Å². The fourth-order valence-electron chi connectivity index (χ4n) is 1.05. The van der Waals surface area contributed by atoms with Gasteiger partial charge in [0.15, 0.2) is 5.78 Å². The first kappa shape index (κ1) is 11.2. The van der Waals surface area contributed by atoms with Crippen molar-refractivity contribution in [1.29, 1.82) is 0 Å². The Morgan fingerprint density at radius 1 is 1.64 bits per heavy atom.